The number of hydrogen-bond acceptors (Lipinski definition) is 3. The van der Waals surface area contributed by atoms with Crippen molar-refractivity contribution < 1.29 is 0 Å². The minimum atomic E-state index is 0.728. The van der Waals surface area contributed by atoms with E-state index in [0.29, 0.717) is 0 Å². The van der Waals surface area contributed by atoms with Crippen LogP contribution < -0.4 is 0 Å². The minimum Gasteiger partial charge on any atom is -0.305 e. The van der Waals surface area contributed by atoms with E-state index in [-0.39, 0.29) is 0 Å². The molecule has 0 aromatic carbocycles. The minimum absolute atomic E-state index is 0.728. The summed E-state index contributed by atoms with van der Waals surface area (Å²) in [5, 5.41) is 0. The van der Waals surface area contributed by atoms with Crippen LogP contribution in [0.2, 0.25) is 0 Å². The molecule has 1 unspecified atom stereocenters. The van der Waals surface area contributed by atoms with Gasteiger partial charge < -0.3 is 4.90 Å². The van der Waals surface area contributed by atoms with Gasteiger partial charge in [0.15, 0.2) is 0 Å². The summed E-state index contributed by atoms with van der Waals surface area (Å²) in [5.74, 6) is 0.874. The molecule has 0 spiro atoms. The zero-order valence-electron chi connectivity index (χ0n) is 7.45. The van der Waals surface area contributed by atoms with Gasteiger partial charge in [-0.2, -0.15) is 12.6 Å². The Morgan fingerprint density at radius 3 is 2.91 bits per heavy atom. The van der Waals surface area contributed by atoms with Crippen LogP contribution in [-0.4, -0.2) is 48.9 Å². The molecule has 1 aliphatic heterocycles. The van der Waals surface area contributed by atoms with Crippen molar-refractivity contribution in [1.29, 1.82) is 0 Å². The Balaban J connectivity index is 2.33. The van der Waals surface area contributed by atoms with Gasteiger partial charge in [0.1, 0.15) is 0 Å². The quantitative estimate of drug-likeness (QED) is 0.491. The lowest BCUT2D eigenvalue weighted by Gasteiger charge is -2.34. The van der Waals surface area contributed by atoms with Crippen molar-refractivity contribution in [3.8, 4) is 0 Å². The van der Waals surface area contributed by atoms with Crippen LogP contribution in [0.4, 0.5) is 0 Å². The molecule has 0 radical (unpaired) electrons. The Labute approximate surface area is 75.0 Å². The average Bonchev–Trinajstić information content (AvgIpc) is 2.03. The van der Waals surface area contributed by atoms with Crippen molar-refractivity contribution in [3.63, 3.8) is 0 Å². The van der Waals surface area contributed by atoms with E-state index in [1.807, 2.05) is 0 Å². The molecule has 1 atom stereocenters. The number of likely N-dealkylation sites (tertiary alicyclic amines) is 1. The molecular weight excluding hydrogens is 156 g/mol. The lowest BCUT2D eigenvalue weighted by molar-refractivity contribution is 0.151. The first kappa shape index (κ1) is 9.36. The van der Waals surface area contributed by atoms with Gasteiger partial charge in [-0.1, -0.05) is 0 Å². The van der Waals surface area contributed by atoms with Crippen molar-refractivity contribution in [1.82, 2.24) is 9.80 Å². The van der Waals surface area contributed by atoms with Gasteiger partial charge in [0.25, 0.3) is 0 Å². The van der Waals surface area contributed by atoms with Crippen LogP contribution in [0, 0.1) is 0 Å². The highest BCUT2D eigenvalue weighted by molar-refractivity contribution is 7.80. The number of hydrogen-bond donors (Lipinski definition) is 1. The van der Waals surface area contributed by atoms with Gasteiger partial charge in [-0.05, 0) is 33.5 Å². The molecule has 66 valence electrons. The fourth-order valence-corrected chi connectivity index (χ4v) is 1.85. The summed E-state index contributed by atoms with van der Waals surface area (Å²) in [6.07, 6.45) is 2.67. The summed E-state index contributed by atoms with van der Waals surface area (Å²) < 4.78 is 0. The second kappa shape index (κ2) is 4.33. The van der Waals surface area contributed by atoms with Crippen molar-refractivity contribution in [2.75, 3.05) is 33.1 Å². The maximum absolute atomic E-state index is 4.26. The van der Waals surface area contributed by atoms with Crippen molar-refractivity contribution in [3.05, 3.63) is 0 Å². The standard InChI is InChI=1S/C8H18N2S/c1-9-5-3-4-8(6-9)10(2)7-11/h8,11H,3-7H2,1-2H3. The monoisotopic (exact) mass is 174 g/mol. The Kier molecular flexibility index (Phi) is 3.69. The van der Waals surface area contributed by atoms with Crippen molar-refractivity contribution in [2.45, 2.75) is 18.9 Å². The maximum atomic E-state index is 4.26. The molecule has 2 nitrogen and oxygen atoms in total. The van der Waals surface area contributed by atoms with Gasteiger partial charge >= 0.3 is 0 Å². The molecule has 0 aliphatic carbocycles. The lowest BCUT2D eigenvalue weighted by Crippen LogP contribution is -2.44. The summed E-state index contributed by atoms with van der Waals surface area (Å²) in [6.45, 7) is 2.47. The first-order chi connectivity index (χ1) is 5.24. The molecule has 1 heterocycles. The SMILES string of the molecule is CN1CCCC(N(C)CS)C1. The Hall–Kier alpha value is 0.270. The van der Waals surface area contributed by atoms with Gasteiger partial charge in [-0.25, -0.2) is 0 Å². The van der Waals surface area contributed by atoms with Gasteiger partial charge in [0.05, 0.1) is 0 Å². The second-order valence-electron chi connectivity index (χ2n) is 3.46. The normalized spacial score (nSPS) is 27.8. The highest BCUT2D eigenvalue weighted by atomic mass is 32.1. The lowest BCUT2D eigenvalue weighted by atomic mass is 10.1. The molecule has 0 aromatic heterocycles. The van der Waals surface area contributed by atoms with Crippen LogP contribution in [0.1, 0.15) is 12.8 Å². The largest absolute Gasteiger partial charge is 0.305 e. The Morgan fingerprint density at radius 1 is 1.64 bits per heavy atom. The van der Waals surface area contributed by atoms with E-state index >= 15 is 0 Å². The predicted octanol–water partition coefficient (Wildman–Crippen LogP) is 0.900. The van der Waals surface area contributed by atoms with E-state index in [4.69, 9.17) is 0 Å². The summed E-state index contributed by atoms with van der Waals surface area (Å²) in [5.41, 5.74) is 0. The van der Waals surface area contributed by atoms with Gasteiger partial charge in [-0.15, -0.1) is 0 Å². The fraction of sp³-hybridized carbons (Fsp3) is 1.00. The van der Waals surface area contributed by atoms with Gasteiger partial charge in [0.2, 0.25) is 0 Å². The molecule has 1 saturated heterocycles. The number of nitrogens with zero attached hydrogens (tertiary/aromatic N) is 2. The van der Waals surface area contributed by atoms with E-state index < -0.39 is 0 Å². The molecule has 1 aliphatic rings. The Bertz CT molecular complexity index is 119. The smallest absolute Gasteiger partial charge is 0.0414 e. The zero-order valence-corrected chi connectivity index (χ0v) is 8.35. The third-order valence-corrected chi connectivity index (χ3v) is 2.89. The fourth-order valence-electron chi connectivity index (χ4n) is 1.61. The van der Waals surface area contributed by atoms with Crippen LogP contribution >= 0.6 is 12.6 Å². The molecule has 0 bridgehead atoms. The van der Waals surface area contributed by atoms with Crippen molar-refractivity contribution in [2.24, 2.45) is 0 Å². The molecule has 3 heteroatoms. The maximum Gasteiger partial charge on any atom is 0.0414 e. The number of thiol groups is 1. The summed E-state index contributed by atoms with van der Waals surface area (Å²) in [6, 6.07) is 0.728. The van der Waals surface area contributed by atoms with Crippen LogP contribution in [-0.2, 0) is 0 Å². The third-order valence-electron chi connectivity index (χ3n) is 2.45. The molecule has 1 fully saturated rings. The first-order valence-electron chi connectivity index (χ1n) is 4.23. The van der Waals surface area contributed by atoms with E-state index in [1.54, 1.807) is 0 Å². The van der Waals surface area contributed by atoms with Crippen LogP contribution in [0.15, 0.2) is 0 Å². The number of piperidine rings is 1. The Morgan fingerprint density at radius 2 is 2.36 bits per heavy atom. The van der Waals surface area contributed by atoms with Crippen LogP contribution in [0.25, 0.3) is 0 Å². The van der Waals surface area contributed by atoms with E-state index in [0.717, 1.165) is 11.9 Å². The highest BCUT2D eigenvalue weighted by Crippen LogP contribution is 2.13. The van der Waals surface area contributed by atoms with E-state index in [2.05, 4.69) is 36.5 Å². The van der Waals surface area contributed by atoms with E-state index in [1.165, 1.54) is 25.9 Å². The van der Waals surface area contributed by atoms with Gasteiger partial charge in [0, 0.05) is 18.5 Å². The molecule has 1 rings (SSSR count). The second-order valence-corrected chi connectivity index (χ2v) is 3.74. The topological polar surface area (TPSA) is 6.48 Å². The summed E-state index contributed by atoms with van der Waals surface area (Å²) >= 11 is 4.26. The van der Waals surface area contributed by atoms with E-state index in [9.17, 15) is 0 Å². The zero-order chi connectivity index (χ0) is 8.27. The number of likely N-dealkylation sites (N-methyl/N-ethyl adjacent to an activating group) is 2. The highest BCUT2D eigenvalue weighted by Gasteiger charge is 2.19. The van der Waals surface area contributed by atoms with Crippen LogP contribution in [0.3, 0.4) is 0 Å². The molecular formula is C8H18N2S. The van der Waals surface area contributed by atoms with Crippen molar-refractivity contribution >= 4 is 12.6 Å². The third kappa shape index (κ3) is 2.65. The molecule has 0 amide bonds. The summed E-state index contributed by atoms with van der Waals surface area (Å²) in [7, 11) is 4.34. The molecule has 0 N–H and O–H groups in total. The first-order valence-corrected chi connectivity index (χ1v) is 4.87. The molecule has 0 aromatic rings. The predicted molar refractivity (Wildman–Crippen MR) is 52.1 cm³/mol. The summed E-state index contributed by atoms with van der Waals surface area (Å²) in [4.78, 5) is 4.72. The molecule has 0 saturated carbocycles. The molecule has 11 heavy (non-hydrogen) atoms. The number of rotatable bonds is 2. The van der Waals surface area contributed by atoms with Gasteiger partial charge in [-0.3, -0.25) is 4.90 Å². The average molecular weight is 174 g/mol. The van der Waals surface area contributed by atoms with Crippen LogP contribution in [0.5, 0.6) is 0 Å².